The van der Waals surface area contributed by atoms with Crippen molar-refractivity contribution in [1.82, 2.24) is 15.1 Å². The SMILES string of the molecule is Cc1ccc(C2CCN(CCCOc3cccc4oc(-c5nnc(C(C)C)o5)cc34)CC2)cc1C.Cl. The van der Waals surface area contributed by atoms with E-state index in [1.807, 2.05) is 38.1 Å². The Kier molecular flexibility index (Phi) is 8.37. The van der Waals surface area contributed by atoms with Gasteiger partial charge in [0.1, 0.15) is 11.3 Å². The molecule has 0 N–H and O–H groups in total. The predicted molar refractivity (Wildman–Crippen MR) is 145 cm³/mol. The summed E-state index contributed by atoms with van der Waals surface area (Å²) < 4.78 is 17.9. The van der Waals surface area contributed by atoms with E-state index in [0.717, 1.165) is 42.8 Å². The van der Waals surface area contributed by atoms with Gasteiger partial charge in [-0.25, -0.2) is 0 Å². The third-order valence-corrected chi connectivity index (χ3v) is 7.13. The van der Waals surface area contributed by atoms with Crippen molar-refractivity contribution in [3.05, 3.63) is 65.0 Å². The van der Waals surface area contributed by atoms with E-state index in [4.69, 9.17) is 13.6 Å². The number of fused-ring (bicyclic) bond motifs is 1. The van der Waals surface area contributed by atoms with Crippen LogP contribution in [-0.4, -0.2) is 41.3 Å². The molecule has 2 aromatic carbocycles. The highest BCUT2D eigenvalue weighted by atomic mass is 35.5. The monoisotopic (exact) mass is 509 g/mol. The lowest BCUT2D eigenvalue weighted by Gasteiger charge is -2.32. The summed E-state index contributed by atoms with van der Waals surface area (Å²) in [7, 11) is 0. The van der Waals surface area contributed by atoms with Crippen LogP contribution in [0.5, 0.6) is 5.75 Å². The minimum absolute atomic E-state index is 0. The first kappa shape index (κ1) is 26.2. The van der Waals surface area contributed by atoms with E-state index in [9.17, 15) is 0 Å². The van der Waals surface area contributed by atoms with Crippen molar-refractivity contribution >= 4 is 23.4 Å². The molecule has 1 aliphatic rings. The molecule has 3 heterocycles. The highest BCUT2D eigenvalue weighted by Crippen LogP contribution is 2.34. The lowest BCUT2D eigenvalue weighted by atomic mass is 9.88. The zero-order valence-electron chi connectivity index (χ0n) is 21.6. The van der Waals surface area contributed by atoms with Crippen LogP contribution in [0.2, 0.25) is 0 Å². The Balaban J connectivity index is 0.00000304. The van der Waals surface area contributed by atoms with Gasteiger partial charge in [-0.15, -0.1) is 22.6 Å². The predicted octanol–water partition coefficient (Wildman–Crippen LogP) is 7.29. The molecular weight excluding hydrogens is 474 g/mol. The Bertz CT molecular complexity index is 1290. The van der Waals surface area contributed by atoms with Crippen LogP contribution >= 0.6 is 12.4 Å². The molecule has 0 atom stereocenters. The van der Waals surface area contributed by atoms with Gasteiger partial charge in [-0.1, -0.05) is 38.1 Å². The van der Waals surface area contributed by atoms with Gasteiger partial charge in [-0.3, -0.25) is 0 Å². The summed E-state index contributed by atoms with van der Waals surface area (Å²) in [6.45, 7) is 12.5. The van der Waals surface area contributed by atoms with Gasteiger partial charge >= 0.3 is 0 Å². The molecule has 0 saturated carbocycles. The van der Waals surface area contributed by atoms with E-state index in [2.05, 4.69) is 47.1 Å². The van der Waals surface area contributed by atoms with Gasteiger partial charge in [0.2, 0.25) is 5.89 Å². The smallest absolute Gasteiger partial charge is 0.283 e. The quantitative estimate of drug-likeness (QED) is 0.232. The second-order valence-corrected chi connectivity index (χ2v) is 10.0. The summed E-state index contributed by atoms with van der Waals surface area (Å²) in [6, 6.07) is 14.8. The topological polar surface area (TPSA) is 64.5 Å². The number of likely N-dealkylation sites (tertiary alicyclic amines) is 1. The van der Waals surface area contributed by atoms with Gasteiger partial charge in [-0.2, -0.15) is 0 Å². The third kappa shape index (κ3) is 5.76. The highest BCUT2D eigenvalue weighted by Gasteiger charge is 2.21. The zero-order chi connectivity index (χ0) is 24.4. The molecule has 1 saturated heterocycles. The lowest BCUT2D eigenvalue weighted by Crippen LogP contribution is -2.34. The van der Waals surface area contributed by atoms with Crippen molar-refractivity contribution in [2.24, 2.45) is 0 Å². The van der Waals surface area contributed by atoms with Crippen LogP contribution in [0, 0.1) is 13.8 Å². The average molecular weight is 510 g/mol. The first-order valence-corrected chi connectivity index (χ1v) is 12.8. The number of halogens is 1. The number of piperidine rings is 1. The summed E-state index contributed by atoms with van der Waals surface area (Å²) >= 11 is 0. The fraction of sp³-hybridized carbons (Fsp3) is 0.448. The third-order valence-electron chi connectivity index (χ3n) is 7.13. The van der Waals surface area contributed by atoms with Crippen LogP contribution in [-0.2, 0) is 0 Å². The minimum atomic E-state index is 0. The number of benzene rings is 2. The van der Waals surface area contributed by atoms with E-state index < -0.39 is 0 Å². The van der Waals surface area contributed by atoms with Crippen LogP contribution in [0.4, 0.5) is 0 Å². The van der Waals surface area contributed by atoms with E-state index in [1.165, 1.54) is 29.5 Å². The number of hydrogen-bond donors (Lipinski definition) is 0. The molecule has 0 bridgehead atoms. The number of ether oxygens (including phenoxy) is 1. The van der Waals surface area contributed by atoms with E-state index in [0.29, 0.717) is 30.1 Å². The molecular formula is C29H36ClN3O3. The molecule has 0 unspecified atom stereocenters. The lowest BCUT2D eigenvalue weighted by molar-refractivity contribution is 0.193. The van der Waals surface area contributed by atoms with Crippen molar-refractivity contribution in [3.8, 4) is 17.4 Å². The fourth-order valence-electron chi connectivity index (χ4n) is 4.81. The maximum Gasteiger partial charge on any atom is 0.283 e. The van der Waals surface area contributed by atoms with Gasteiger partial charge in [0, 0.05) is 18.5 Å². The largest absolute Gasteiger partial charge is 0.493 e. The Morgan fingerprint density at radius 1 is 1.00 bits per heavy atom. The van der Waals surface area contributed by atoms with Crippen LogP contribution in [0.1, 0.15) is 67.5 Å². The van der Waals surface area contributed by atoms with Crippen molar-refractivity contribution in [3.63, 3.8) is 0 Å². The second kappa shape index (κ2) is 11.5. The van der Waals surface area contributed by atoms with Gasteiger partial charge in [0.15, 0.2) is 5.76 Å². The summed E-state index contributed by atoms with van der Waals surface area (Å²) in [5.74, 6) is 3.27. The van der Waals surface area contributed by atoms with Gasteiger partial charge < -0.3 is 18.5 Å². The molecule has 6 nitrogen and oxygen atoms in total. The van der Waals surface area contributed by atoms with Crippen molar-refractivity contribution < 1.29 is 13.6 Å². The molecule has 2 aromatic heterocycles. The van der Waals surface area contributed by atoms with Crippen LogP contribution in [0.3, 0.4) is 0 Å². The normalized spacial score (nSPS) is 14.9. The fourth-order valence-corrected chi connectivity index (χ4v) is 4.81. The number of furan rings is 1. The van der Waals surface area contributed by atoms with E-state index >= 15 is 0 Å². The minimum Gasteiger partial charge on any atom is -0.493 e. The summed E-state index contributed by atoms with van der Waals surface area (Å²) in [6.07, 6.45) is 3.46. The number of hydrogen-bond acceptors (Lipinski definition) is 6. The molecule has 0 spiro atoms. The van der Waals surface area contributed by atoms with Crippen LogP contribution < -0.4 is 4.74 Å². The number of aryl methyl sites for hydroxylation is 2. The van der Waals surface area contributed by atoms with Crippen LogP contribution in [0.25, 0.3) is 22.6 Å². The van der Waals surface area contributed by atoms with Crippen molar-refractivity contribution in [1.29, 1.82) is 0 Å². The van der Waals surface area contributed by atoms with Crippen molar-refractivity contribution in [2.75, 3.05) is 26.2 Å². The van der Waals surface area contributed by atoms with Gasteiger partial charge in [0.25, 0.3) is 5.89 Å². The number of rotatable bonds is 8. The number of aromatic nitrogens is 2. The second-order valence-electron chi connectivity index (χ2n) is 10.0. The molecule has 0 amide bonds. The molecule has 0 aliphatic carbocycles. The molecule has 7 heteroatoms. The van der Waals surface area contributed by atoms with Crippen LogP contribution in [0.15, 0.2) is 51.3 Å². The Morgan fingerprint density at radius 3 is 2.53 bits per heavy atom. The summed E-state index contributed by atoms with van der Waals surface area (Å²) in [4.78, 5) is 2.57. The maximum absolute atomic E-state index is 6.16. The maximum atomic E-state index is 6.16. The molecule has 5 rings (SSSR count). The first-order chi connectivity index (χ1) is 17.0. The molecule has 1 fully saturated rings. The van der Waals surface area contributed by atoms with Gasteiger partial charge in [0.05, 0.1) is 12.0 Å². The molecule has 0 radical (unpaired) electrons. The standard InChI is InChI=1S/C29H35N3O3.ClH/c1-19(2)28-30-31-29(35-28)27-18-24-25(7-5-8-26(24)34-27)33-16-6-13-32-14-11-22(12-15-32)23-10-9-20(3)21(4)17-23;/h5,7-10,17-19,22H,6,11-16H2,1-4H3;1H. The first-order valence-electron chi connectivity index (χ1n) is 12.8. The Morgan fingerprint density at radius 2 is 1.81 bits per heavy atom. The molecule has 36 heavy (non-hydrogen) atoms. The van der Waals surface area contributed by atoms with Crippen molar-refractivity contribution in [2.45, 2.75) is 58.8 Å². The average Bonchev–Trinajstić information content (AvgIpc) is 3.52. The Hall–Kier alpha value is -2.83. The highest BCUT2D eigenvalue weighted by molar-refractivity contribution is 5.87. The van der Waals surface area contributed by atoms with Gasteiger partial charge in [-0.05, 0) is 80.9 Å². The number of nitrogens with zero attached hydrogens (tertiary/aromatic N) is 3. The molecule has 4 aromatic rings. The Labute approximate surface area is 219 Å². The summed E-state index contributed by atoms with van der Waals surface area (Å²) in [5.41, 5.74) is 5.04. The molecule has 1 aliphatic heterocycles. The molecule has 192 valence electrons. The summed E-state index contributed by atoms with van der Waals surface area (Å²) in [5, 5.41) is 9.17. The van der Waals surface area contributed by atoms with E-state index in [-0.39, 0.29) is 18.3 Å². The zero-order valence-corrected chi connectivity index (χ0v) is 22.4. The van der Waals surface area contributed by atoms with E-state index in [1.54, 1.807) is 0 Å².